The van der Waals surface area contributed by atoms with E-state index in [-0.39, 0.29) is 24.7 Å². The maximum Gasteiger partial charge on any atom is 0.280 e. The van der Waals surface area contributed by atoms with Gasteiger partial charge in [-0.15, -0.1) is 0 Å². The van der Waals surface area contributed by atoms with E-state index in [2.05, 4.69) is 15.1 Å². The fraction of sp³-hybridized carbons (Fsp3) is 0.357. The first-order chi connectivity index (χ1) is 11.5. The molecule has 3 rings (SSSR count). The number of alkyl halides is 2. The largest absolute Gasteiger partial charge is 0.326 e. The lowest BCUT2D eigenvalue weighted by Gasteiger charge is -2.33. The zero-order valence-electron chi connectivity index (χ0n) is 12.8. The first-order valence-electron chi connectivity index (χ1n) is 7.14. The van der Waals surface area contributed by atoms with Crippen LogP contribution in [0.25, 0.3) is 0 Å². The normalized spacial score (nSPS) is 15.2. The smallest absolute Gasteiger partial charge is 0.280 e. The van der Waals surface area contributed by atoms with Gasteiger partial charge in [-0.2, -0.15) is 5.10 Å². The number of hydrogen-bond donors (Lipinski definition) is 0. The summed E-state index contributed by atoms with van der Waals surface area (Å²) in [5.41, 5.74) is -0.0202. The van der Waals surface area contributed by atoms with E-state index >= 15 is 0 Å². The lowest BCUT2D eigenvalue weighted by Crippen LogP contribution is -2.52. The van der Waals surface area contributed by atoms with Crippen LogP contribution in [0.2, 0.25) is 0 Å². The molecule has 1 saturated heterocycles. The number of halogens is 2. The number of hydrogen-bond acceptors (Lipinski definition) is 5. The van der Waals surface area contributed by atoms with E-state index in [4.69, 9.17) is 0 Å². The van der Waals surface area contributed by atoms with Gasteiger partial charge in [0.15, 0.2) is 0 Å². The molecule has 0 bridgehead atoms. The second-order valence-corrected chi connectivity index (χ2v) is 5.27. The Kier molecular flexibility index (Phi) is 4.19. The molecule has 8 nitrogen and oxygen atoms in total. The molecule has 1 fully saturated rings. The second kappa shape index (κ2) is 6.30. The third-order valence-corrected chi connectivity index (χ3v) is 3.64. The van der Waals surface area contributed by atoms with E-state index in [1.165, 1.54) is 9.80 Å². The predicted molar refractivity (Wildman–Crippen MR) is 78.5 cm³/mol. The van der Waals surface area contributed by atoms with Crippen molar-refractivity contribution >= 4 is 17.5 Å². The van der Waals surface area contributed by atoms with Gasteiger partial charge in [-0.3, -0.25) is 14.3 Å². The molecule has 2 amide bonds. The summed E-state index contributed by atoms with van der Waals surface area (Å²) in [7, 11) is 1.74. The highest BCUT2D eigenvalue weighted by Crippen LogP contribution is 2.19. The minimum Gasteiger partial charge on any atom is -0.326 e. The van der Waals surface area contributed by atoms with Gasteiger partial charge in [-0.1, -0.05) is 0 Å². The SMILES string of the molecule is Cn1cc(N2CCN(C(=O)c3cc(C(F)F)ncn3)CC2=O)cn1. The fourth-order valence-electron chi connectivity index (χ4n) is 2.44. The summed E-state index contributed by atoms with van der Waals surface area (Å²) < 4.78 is 26.9. The zero-order valence-corrected chi connectivity index (χ0v) is 12.8. The van der Waals surface area contributed by atoms with E-state index in [0.29, 0.717) is 12.2 Å². The highest BCUT2D eigenvalue weighted by Gasteiger charge is 2.30. The quantitative estimate of drug-likeness (QED) is 0.821. The van der Waals surface area contributed by atoms with Crippen LogP contribution in [0.5, 0.6) is 0 Å². The topological polar surface area (TPSA) is 84.2 Å². The number of anilines is 1. The molecule has 3 heterocycles. The third kappa shape index (κ3) is 3.07. The molecule has 1 aliphatic heterocycles. The second-order valence-electron chi connectivity index (χ2n) is 5.27. The van der Waals surface area contributed by atoms with Gasteiger partial charge in [-0.25, -0.2) is 18.7 Å². The summed E-state index contributed by atoms with van der Waals surface area (Å²) in [5.74, 6) is -0.843. The maximum atomic E-state index is 12.7. The minimum absolute atomic E-state index is 0.150. The molecule has 0 aliphatic carbocycles. The zero-order chi connectivity index (χ0) is 17.3. The van der Waals surface area contributed by atoms with Gasteiger partial charge in [-0.05, 0) is 6.07 Å². The highest BCUT2D eigenvalue weighted by molar-refractivity contribution is 6.00. The van der Waals surface area contributed by atoms with Crippen molar-refractivity contribution in [2.24, 2.45) is 7.05 Å². The lowest BCUT2D eigenvalue weighted by molar-refractivity contribution is -0.120. The number of piperazine rings is 1. The molecule has 2 aromatic rings. The van der Waals surface area contributed by atoms with Gasteiger partial charge in [0.2, 0.25) is 5.91 Å². The molecular weight excluding hydrogens is 322 g/mol. The molecule has 0 aromatic carbocycles. The van der Waals surface area contributed by atoms with Gasteiger partial charge in [0, 0.05) is 26.3 Å². The molecule has 126 valence electrons. The number of rotatable bonds is 3. The van der Waals surface area contributed by atoms with Crippen molar-refractivity contribution in [3.05, 3.63) is 36.2 Å². The molecule has 0 radical (unpaired) electrons. The molecule has 24 heavy (non-hydrogen) atoms. The van der Waals surface area contributed by atoms with Crippen molar-refractivity contribution < 1.29 is 18.4 Å². The van der Waals surface area contributed by atoms with Crippen molar-refractivity contribution in [2.75, 3.05) is 24.5 Å². The molecule has 1 aliphatic rings. The van der Waals surface area contributed by atoms with Crippen LogP contribution in [-0.2, 0) is 11.8 Å². The van der Waals surface area contributed by atoms with E-state index in [9.17, 15) is 18.4 Å². The summed E-state index contributed by atoms with van der Waals surface area (Å²) in [6, 6.07) is 0.949. The third-order valence-electron chi connectivity index (χ3n) is 3.64. The van der Waals surface area contributed by atoms with Crippen LogP contribution in [-0.4, -0.2) is 56.1 Å². The van der Waals surface area contributed by atoms with Gasteiger partial charge in [0.1, 0.15) is 24.3 Å². The average molecular weight is 336 g/mol. The summed E-state index contributed by atoms with van der Waals surface area (Å²) >= 11 is 0. The molecule has 0 N–H and O–H groups in total. The predicted octanol–water partition coefficient (Wildman–Crippen LogP) is 0.637. The van der Waals surface area contributed by atoms with Crippen LogP contribution >= 0.6 is 0 Å². The van der Waals surface area contributed by atoms with Gasteiger partial charge in [0.25, 0.3) is 12.3 Å². The Balaban J connectivity index is 1.72. The Bertz CT molecular complexity index is 778. The van der Waals surface area contributed by atoms with Crippen LogP contribution < -0.4 is 4.90 Å². The van der Waals surface area contributed by atoms with Crippen LogP contribution in [0.1, 0.15) is 22.6 Å². The number of aryl methyl sites for hydroxylation is 1. The van der Waals surface area contributed by atoms with Crippen molar-refractivity contribution in [3.8, 4) is 0 Å². The molecule has 10 heteroatoms. The number of amides is 2. The van der Waals surface area contributed by atoms with E-state index in [1.54, 1.807) is 24.1 Å². The number of carbonyl (C=O) groups excluding carboxylic acids is 2. The number of aromatic nitrogens is 4. The summed E-state index contributed by atoms with van der Waals surface area (Å²) in [6.45, 7) is 0.415. The molecule has 0 spiro atoms. The Morgan fingerprint density at radius 2 is 2.08 bits per heavy atom. The standard InChI is InChI=1S/C14H14F2N6O2/c1-20-6-9(5-19-20)22-3-2-21(7-12(22)23)14(24)11-4-10(13(15)16)17-8-18-11/h4-6,8,13H,2-3,7H2,1H3. The van der Waals surface area contributed by atoms with Crippen molar-refractivity contribution in [2.45, 2.75) is 6.43 Å². The van der Waals surface area contributed by atoms with Crippen LogP contribution in [0.15, 0.2) is 24.8 Å². The van der Waals surface area contributed by atoms with Crippen molar-refractivity contribution in [1.82, 2.24) is 24.6 Å². The maximum absolute atomic E-state index is 12.7. The molecule has 0 unspecified atom stereocenters. The summed E-state index contributed by atoms with van der Waals surface area (Å²) in [5, 5.41) is 4.01. The molecule has 0 atom stereocenters. The minimum atomic E-state index is -2.79. The van der Waals surface area contributed by atoms with Crippen LogP contribution in [0.3, 0.4) is 0 Å². The Morgan fingerprint density at radius 1 is 1.29 bits per heavy atom. The van der Waals surface area contributed by atoms with E-state index in [1.807, 2.05) is 0 Å². The lowest BCUT2D eigenvalue weighted by atomic mass is 10.2. The molecule has 2 aromatic heterocycles. The van der Waals surface area contributed by atoms with Crippen molar-refractivity contribution in [1.29, 1.82) is 0 Å². The summed E-state index contributed by atoms with van der Waals surface area (Å²) in [6.07, 6.45) is 1.40. The van der Waals surface area contributed by atoms with Crippen LogP contribution in [0.4, 0.5) is 14.5 Å². The monoisotopic (exact) mass is 336 g/mol. The Morgan fingerprint density at radius 3 is 2.71 bits per heavy atom. The van der Waals surface area contributed by atoms with Gasteiger partial charge in [0.05, 0.1) is 11.9 Å². The van der Waals surface area contributed by atoms with E-state index in [0.717, 1.165) is 12.4 Å². The number of nitrogens with zero attached hydrogens (tertiary/aromatic N) is 6. The van der Waals surface area contributed by atoms with Crippen LogP contribution in [0, 0.1) is 0 Å². The first kappa shape index (κ1) is 16.0. The first-order valence-corrected chi connectivity index (χ1v) is 7.14. The number of carbonyl (C=O) groups is 2. The fourth-order valence-corrected chi connectivity index (χ4v) is 2.44. The summed E-state index contributed by atoms with van der Waals surface area (Å²) in [4.78, 5) is 34.6. The Hall–Kier alpha value is -2.91. The highest BCUT2D eigenvalue weighted by atomic mass is 19.3. The average Bonchev–Trinajstić information content (AvgIpc) is 3.00. The molecular formula is C14H14F2N6O2. The molecule has 0 saturated carbocycles. The van der Waals surface area contributed by atoms with Crippen molar-refractivity contribution in [3.63, 3.8) is 0 Å². The Labute approximate surface area is 135 Å². The van der Waals surface area contributed by atoms with Gasteiger partial charge < -0.3 is 9.80 Å². The van der Waals surface area contributed by atoms with Gasteiger partial charge >= 0.3 is 0 Å². The van der Waals surface area contributed by atoms with E-state index < -0.39 is 18.0 Å².